The Balaban J connectivity index is 1.79. The van der Waals surface area contributed by atoms with Crippen molar-refractivity contribution < 1.29 is 13.7 Å². The highest BCUT2D eigenvalue weighted by atomic mass is 16.5. The van der Waals surface area contributed by atoms with Gasteiger partial charge in [0.25, 0.3) is 5.89 Å². The molecule has 0 unspecified atom stereocenters. The lowest BCUT2D eigenvalue weighted by Crippen LogP contribution is -2.08. The van der Waals surface area contributed by atoms with Crippen molar-refractivity contribution in [2.75, 3.05) is 5.32 Å². The summed E-state index contributed by atoms with van der Waals surface area (Å²) in [6.07, 6.45) is 4.54. The number of furan rings is 1. The van der Waals surface area contributed by atoms with Crippen molar-refractivity contribution in [2.45, 2.75) is 6.92 Å². The Morgan fingerprint density at radius 1 is 1.23 bits per heavy atom. The summed E-state index contributed by atoms with van der Waals surface area (Å²) >= 11 is 0. The molecule has 1 amide bonds. The molecule has 3 rings (SSSR count). The third-order valence-electron chi connectivity index (χ3n) is 2.89. The van der Waals surface area contributed by atoms with E-state index in [9.17, 15) is 4.79 Å². The number of aryl methyl sites for hydroxylation is 1. The van der Waals surface area contributed by atoms with E-state index in [1.165, 1.54) is 6.08 Å². The monoisotopic (exact) mass is 295 g/mol. The predicted octanol–water partition coefficient (Wildman–Crippen LogP) is 3.29. The van der Waals surface area contributed by atoms with Gasteiger partial charge in [-0.15, -0.1) is 0 Å². The minimum absolute atomic E-state index is 0.278. The lowest BCUT2D eigenvalue weighted by atomic mass is 10.1. The highest BCUT2D eigenvalue weighted by Gasteiger charge is 2.12. The average molecular weight is 295 g/mol. The fraction of sp³-hybridized carbons (Fsp3) is 0.0625. The Labute approximate surface area is 126 Å². The summed E-state index contributed by atoms with van der Waals surface area (Å²) in [6, 6.07) is 10.7. The van der Waals surface area contributed by atoms with Crippen molar-refractivity contribution in [1.82, 2.24) is 10.1 Å². The molecule has 1 N–H and O–H groups in total. The third-order valence-corrected chi connectivity index (χ3v) is 2.89. The number of anilines is 1. The van der Waals surface area contributed by atoms with E-state index < -0.39 is 0 Å². The van der Waals surface area contributed by atoms with Crippen LogP contribution in [0.2, 0.25) is 0 Å². The van der Waals surface area contributed by atoms with Crippen LogP contribution in [0.4, 0.5) is 5.69 Å². The zero-order valence-electron chi connectivity index (χ0n) is 11.8. The van der Waals surface area contributed by atoms with Crippen LogP contribution >= 0.6 is 0 Å². The fourth-order valence-electron chi connectivity index (χ4n) is 1.90. The van der Waals surface area contributed by atoms with Gasteiger partial charge in [0.2, 0.25) is 5.91 Å². The smallest absolute Gasteiger partial charge is 0.260 e. The van der Waals surface area contributed by atoms with Crippen LogP contribution in [0.25, 0.3) is 17.5 Å². The highest BCUT2D eigenvalue weighted by molar-refractivity contribution is 6.03. The van der Waals surface area contributed by atoms with Crippen molar-refractivity contribution in [1.29, 1.82) is 0 Å². The SMILES string of the molecule is Cc1noc(-c2ccccc2NC(=O)C=Cc2ccco2)n1. The molecule has 0 aliphatic carbocycles. The molecule has 1 aromatic carbocycles. The van der Waals surface area contributed by atoms with Gasteiger partial charge in [0.05, 0.1) is 17.5 Å². The Kier molecular flexibility index (Phi) is 3.82. The number of hydrogen-bond donors (Lipinski definition) is 1. The summed E-state index contributed by atoms with van der Waals surface area (Å²) in [5.41, 5.74) is 1.27. The van der Waals surface area contributed by atoms with Gasteiger partial charge >= 0.3 is 0 Å². The van der Waals surface area contributed by atoms with E-state index >= 15 is 0 Å². The molecule has 2 aromatic heterocycles. The van der Waals surface area contributed by atoms with Crippen LogP contribution in [0, 0.1) is 6.92 Å². The maximum atomic E-state index is 12.0. The first-order chi connectivity index (χ1) is 10.7. The van der Waals surface area contributed by atoms with Crippen LogP contribution in [-0.4, -0.2) is 16.0 Å². The second-order valence-electron chi connectivity index (χ2n) is 4.53. The summed E-state index contributed by atoms with van der Waals surface area (Å²) in [5, 5.41) is 6.54. The molecular weight excluding hydrogens is 282 g/mol. The summed E-state index contributed by atoms with van der Waals surface area (Å²) in [5.74, 6) is 1.23. The van der Waals surface area contributed by atoms with Crippen molar-refractivity contribution in [3.8, 4) is 11.5 Å². The fourth-order valence-corrected chi connectivity index (χ4v) is 1.90. The van der Waals surface area contributed by atoms with E-state index in [4.69, 9.17) is 8.94 Å². The van der Waals surface area contributed by atoms with Crippen LogP contribution in [0.3, 0.4) is 0 Å². The highest BCUT2D eigenvalue weighted by Crippen LogP contribution is 2.26. The first-order valence-electron chi connectivity index (χ1n) is 6.64. The van der Waals surface area contributed by atoms with Gasteiger partial charge in [0.1, 0.15) is 5.76 Å². The maximum Gasteiger partial charge on any atom is 0.260 e. The van der Waals surface area contributed by atoms with Gasteiger partial charge in [-0.3, -0.25) is 4.79 Å². The van der Waals surface area contributed by atoms with Gasteiger partial charge in [0, 0.05) is 6.08 Å². The van der Waals surface area contributed by atoms with Crippen molar-refractivity contribution in [2.24, 2.45) is 0 Å². The molecule has 0 radical (unpaired) electrons. The van der Waals surface area contributed by atoms with Crippen molar-refractivity contribution >= 4 is 17.7 Å². The van der Waals surface area contributed by atoms with Crippen LogP contribution in [0.15, 0.2) is 57.7 Å². The van der Waals surface area contributed by atoms with Crippen molar-refractivity contribution in [3.63, 3.8) is 0 Å². The maximum absolute atomic E-state index is 12.0. The van der Waals surface area contributed by atoms with Crippen molar-refractivity contribution in [3.05, 3.63) is 60.3 Å². The number of nitrogens with zero attached hydrogens (tertiary/aromatic N) is 2. The lowest BCUT2D eigenvalue weighted by molar-refractivity contribution is -0.111. The minimum Gasteiger partial charge on any atom is -0.465 e. The standard InChI is InChI=1S/C16H13N3O3/c1-11-17-16(22-19-11)13-6-2-3-7-14(13)18-15(20)9-8-12-5-4-10-21-12/h2-10H,1H3,(H,18,20). The molecular formula is C16H13N3O3. The van der Waals surface area contributed by atoms with E-state index in [-0.39, 0.29) is 5.91 Å². The normalized spacial score (nSPS) is 11.0. The molecule has 22 heavy (non-hydrogen) atoms. The molecule has 0 aliphatic rings. The van der Waals surface area contributed by atoms with Gasteiger partial charge < -0.3 is 14.3 Å². The molecule has 3 aromatic rings. The molecule has 0 saturated heterocycles. The number of rotatable bonds is 4. The topological polar surface area (TPSA) is 81.2 Å². The van der Waals surface area contributed by atoms with E-state index in [1.54, 1.807) is 43.5 Å². The molecule has 6 heteroatoms. The molecule has 2 heterocycles. The summed E-state index contributed by atoms with van der Waals surface area (Å²) in [6.45, 7) is 1.74. The number of carbonyl (C=O) groups is 1. The quantitative estimate of drug-likeness (QED) is 0.747. The molecule has 0 bridgehead atoms. The minimum atomic E-state index is -0.278. The van der Waals surface area contributed by atoms with Gasteiger partial charge in [0.15, 0.2) is 5.82 Å². The Hall–Kier alpha value is -3.15. The molecule has 0 spiro atoms. The lowest BCUT2D eigenvalue weighted by Gasteiger charge is -2.06. The first kappa shape index (κ1) is 13.8. The van der Waals surface area contributed by atoms with Crippen LogP contribution in [-0.2, 0) is 4.79 Å². The third kappa shape index (κ3) is 3.12. The van der Waals surface area contributed by atoms with E-state index in [0.29, 0.717) is 28.7 Å². The van der Waals surface area contributed by atoms with Gasteiger partial charge in [-0.05, 0) is 37.3 Å². The number of amides is 1. The summed E-state index contributed by atoms with van der Waals surface area (Å²) in [7, 11) is 0. The zero-order chi connectivity index (χ0) is 15.4. The second kappa shape index (κ2) is 6.09. The number of benzene rings is 1. The van der Waals surface area contributed by atoms with E-state index in [0.717, 1.165) is 0 Å². The predicted molar refractivity (Wildman–Crippen MR) is 80.8 cm³/mol. The molecule has 0 atom stereocenters. The number of nitrogens with one attached hydrogen (secondary N) is 1. The Morgan fingerprint density at radius 3 is 2.82 bits per heavy atom. The number of hydrogen-bond acceptors (Lipinski definition) is 5. The van der Waals surface area contributed by atoms with Crippen LogP contribution in [0.5, 0.6) is 0 Å². The molecule has 6 nitrogen and oxygen atoms in total. The number of carbonyl (C=O) groups excluding carboxylic acids is 1. The zero-order valence-corrected chi connectivity index (χ0v) is 11.8. The molecule has 0 saturated carbocycles. The van der Waals surface area contributed by atoms with Crippen LogP contribution in [0.1, 0.15) is 11.6 Å². The molecule has 0 fully saturated rings. The second-order valence-corrected chi connectivity index (χ2v) is 4.53. The van der Waals surface area contributed by atoms with Gasteiger partial charge in [-0.1, -0.05) is 17.3 Å². The van der Waals surface area contributed by atoms with Crippen LogP contribution < -0.4 is 5.32 Å². The summed E-state index contributed by atoms with van der Waals surface area (Å²) < 4.78 is 10.3. The Morgan fingerprint density at radius 2 is 2.09 bits per heavy atom. The Bertz CT molecular complexity index is 804. The number of para-hydroxylation sites is 1. The average Bonchev–Trinajstić information content (AvgIpc) is 3.17. The molecule has 0 aliphatic heterocycles. The largest absolute Gasteiger partial charge is 0.465 e. The van der Waals surface area contributed by atoms with Gasteiger partial charge in [-0.2, -0.15) is 4.98 Å². The first-order valence-corrected chi connectivity index (χ1v) is 6.64. The van der Waals surface area contributed by atoms with Gasteiger partial charge in [-0.25, -0.2) is 0 Å². The summed E-state index contributed by atoms with van der Waals surface area (Å²) in [4.78, 5) is 16.2. The van der Waals surface area contributed by atoms with E-state index in [2.05, 4.69) is 15.5 Å². The number of aromatic nitrogens is 2. The molecule has 110 valence electrons. The van der Waals surface area contributed by atoms with E-state index in [1.807, 2.05) is 12.1 Å².